The molecule has 100 valence electrons. The minimum absolute atomic E-state index is 0.0231. The summed E-state index contributed by atoms with van der Waals surface area (Å²) in [6.45, 7) is 0. The van der Waals surface area contributed by atoms with Crippen molar-refractivity contribution >= 4 is 0 Å². The van der Waals surface area contributed by atoms with Crippen molar-refractivity contribution in [3.63, 3.8) is 0 Å². The Kier molecular flexibility index (Phi) is 3.28. The molecule has 19 heavy (non-hydrogen) atoms. The van der Waals surface area contributed by atoms with Crippen molar-refractivity contribution in [2.24, 2.45) is 0 Å². The van der Waals surface area contributed by atoms with E-state index < -0.39 is 23.5 Å². The molecule has 0 aliphatic heterocycles. The highest BCUT2D eigenvalue weighted by Gasteiger charge is 2.32. The number of aromatic amines is 1. The first kappa shape index (κ1) is 13.1. The molecular weight excluding hydrogens is 266 g/mol. The molecule has 1 N–H and O–H groups in total. The van der Waals surface area contributed by atoms with Crippen molar-refractivity contribution in [1.29, 1.82) is 0 Å². The average Bonchev–Trinajstić information content (AvgIpc) is 2.31. The predicted molar refractivity (Wildman–Crippen MR) is 59.1 cm³/mol. The SMILES string of the molecule is O=c1[nH]cc(-c2ccccc2OC(F)(F)F)cc1F. The maximum atomic E-state index is 13.1. The van der Waals surface area contributed by atoms with Gasteiger partial charge in [0, 0.05) is 17.3 Å². The quantitative estimate of drug-likeness (QED) is 0.854. The summed E-state index contributed by atoms with van der Waals surface area (Å²) in [4.78, 5) is 13.0. The molecule has 0 bridgehead atoms. The van der Waals surface area contributed by atoms with Crippen molar-refractivity contribution in [3.8, 4) is 16.9 Å². The molecule has 0 aliphatic carbocycles. The summed E-state index contributed by atoms with van der Waals surface area (Å²) in [6.07, 6.45) is -3.74. The standard InChI is InChI=1S/C12H7F4NO2/c13-9-5-7(6-17-11(9)18)8-3-1-2-4-10(8)19-12(14,15)16/h1-6H,(H,17,18). The fourth-order valence-corrected chi connectivity index (χ4v) is 1.53. The van der Waals surface area contributed by atoms with Gasteiger partial charge in [0.2, 0.25) is 0 Å². The Bertz CT molecular complexity index is 649. The van der Waals surface area contributed by atoms with Crippen molar-refractivity contribution in [2.75, 3.05) is 0 Å². The van der Waals surface area contributed by atoms with E-state index in [-0.39, 0.29) is 11.1 Å². The number of H-pyrrole nitrogens is 1. The van der Waals surface area contributed by atoms with E-state index in [1.165, 1.54) is 18.2 Å². The average molecular weight is 273 g/mol. The summed E-state index contributed by atoms with van der Waals surface area (Å²) >= 11 is 0. The highest BCUT2D eigenvalue weighted by atomic mass is 19.4. The molecule has 0 unspecified atom stereocenters. The van der Waals surface area contributed by atoms with Gasteiger partial charge in [-0.1, -0.05) is 18.2 Å². The first-order chi connectivity index (χ1) is 8.87. The third kappa shape index (κ3) is 3.12. The van der Waals surface area contributed by atoms with Crippen LogP contribution in [0.5, 0.6) is 5.75 Å². The highest BCUT2D eigenvalue weighted by molar-refractivity contribution is 5.69. The molecule has 3 nitrogen and oxygen atoms in total. The Balaban J connectivity index is 2.50. The Hall–Kier alpha value is -2.31. The van der Waals surface area contributed by atoms with Crippen LogP contribution in [0.25, 0.3) is 11.1 Å². The minimum Gasteiger partial charge on any atom is -0.405 e. The van der Waals surface area contributed by atoms with E-state index in [0.717, 1.165) is 18.3 Å². The Morgan fingerprint density at radius 1 is 1.16 bits per heavy atom. The molecule has 7 heteroatoms. The van der Waals surface area contributed by atoms with E-state index >= 15 is 0 Å². The molecular formula is C12H7F4NO2. The van der Waals surface area contributed by atoms with Gasteiger partial charge in [-0.15, -0.1) is 13.2 Å². The number of pyridine rings is 1. The minimum atomic E-state index is -4.85. The summed E-state index contributed by atoms with van der Waals surface area (Å²) < 4.78 is 53.6. The van der Waals surface area contributed by atoms with Gasteiger partial charge in [-0.05, 0) is 12.1 Å². The second-order valence-corrected chi connectivity index (χ2v) is 3.61. The lowest BCUT2D eigenvalue weighted by molar-refractivity contribution is -0.274. The first-order valence-electron chi connectivity index (χ1n) is 5.10. The molecule has 2 aromatic rings. The lowest BCUT2D eigenvalue weighted by Gasteiger charge is -2.13. The first-order valence-corrected chi connectivity index (χ1v) is 5.10. The van der Waals surface area contributed by atoms with E-state index in [1.807, 2.05) is 0 Å². The van der Waals surface area contributed by atoms with Crippen LogP contribution in [-0.4, -0.2) is 11.3 Å². The Labute approximate surface area is 104 Å². The van der Waals surface area contributed by atoms with Crippen molar-refractivity contribution in [1.82, 2.24) is 4.98 Å². The summed E-state index contributed by atoms with van der Waals surface area (Å²) in [6, 6.07) is 6.10. The number of rotatable bonds is 2. The van der Waals surface area contributed by atoms with Gasteiger partial charge >= 0.3 is 6.36 Å². The molecule has 0 aliphatic rings. The van der Waals surface area contributed by atoms with E-state index in [0.29, 0.717) is 0 Å². The summed E-state index contributed by atoms with van der Waals surface area (Å²) in [5.41, 5.74) is -0.843. The number of hydrogen-bond donors (Lipinski definition) is 1. The topological polar surface area (TPSA) is 42.1 Å². The van der Waals surface area contributed by atoms with Crippen LogP contribution in [0.15, 0.2) is 41.3 Å². The monoisotopic (exact) mass is 273 g/mol. The number of nitrogens with one attached hydrogen (secondary N) is 1. The fourth-order valence-electron chi connectivity index (χ4n) is 1.53. The van der Waals surface area contributed by atoms with E-state index in [2.05, 4.69) is 9.72 Å². The second kappa shape index (κ2) is 4.75. The maximum Gasteiger partial charge on any atom is 0.573 e. The Morgan fingerprint density at radius 2 is 1.84 bits per heavy atom. The second-order valence-electron chi connectivity index (χ2n) is 3.61. The van der Waals surface area contributed by atoms with Crippen LogP contribution in [0, 0.1) is 5.82 Å². The molecule has 0 atom stereocenters. The lowest BCUT2D eigenvalue weighted by atomic mass is 10.1. The van der Waals surface area contributed by atoms with Gasteiger partial charge < -0.3 is 9.72 Å². The fraction of sp³-hybridized carbons (Fsp3) is 0.0833. The van der Waals surface area contributed by atoms with Gasteiger partial charge in [0.25, 0.3) is 5.56 Å². The zero-order valence-electron chi connectivity index (χ0n) is 9.29. The number of alkyl halides is 3. The zero-order chi connectivity index (χ0) is 14.0. The third-order valence-electron chi connectivity index (χ3n) is 2.28. The van der Waals surface area contributed by atoms with Crippen molar-refractivity contribution in [2.45, 2.75) is 6.36 Å². The van der Waals surface area contributed by atoms with Crippen LogP contribution in [0.3, 0.4) is 0 Å². The Morgan fingerprint density at radius 3 is 2.47 bits per heavy atom. The highest BCUT2D eigenvalue weighted by Crippen LogP contribution is 2.33. The normalized spacial score (nSPS) is 11.4. The molecule has 2 rings (SSSR count). The van der Waals surface area contributed by atoms with Crippen LogP contribution in [0.4, 0.5) is 17.6 Å². The molecule has 0 saturated carbocycles. The van der Waals surface area contributed by atoms with Gasteiger partial charge in [-0.25, -0.2) is 4.39 Å². The molecule has 1 aromatic heterocycles. The van der Waals surface area contributed by atoms with Crippen LogP contribution in [-0.2, 0) is 0 Å². The maximum absolute atomic E-state index is 13.1. The van der Waals surface area contributed by atoms with Crippen LogP contribution in [0.1, 0.15) is 0 Å². The lowest BCUT2D eigenvalue weighted by Crippen LogP contribution is -2.17. The largest absolute Gasteiger partial charge is 0.573 e. The number of hydrogen-bond acceptors (Lipinski definition) is 2. The smallest absolute Gasteiger partial charge is 0.405 e. The van der Waals surface area contributed by atoms with Crippen molar-refractivity contribution < 1.29 is 22.3 Å². The zero-order valence-corrected chi connectivity index (χ0v) is 9.29. The summed E-state index contributed by atoms with van der Waals surface area (Å²) in [5.74, 6) is -1.55. The molecule has 0 radical (unpaired) electrons. The number of para-hydroxylation sites is 1. The van der Waals surface area contributed by atoms with E-state index in [9.17, 15) is 22.4 Å². The molecule has 0 spiro atoms. The third-order valence-corrected chi connectivity index (χ3v) is 2.28. The van der Waals surface area contributed by atoms with E-state index in [4.69, 9.17) is 0 Å². The van der Waals surface area contributed by atoms with Crippen LogP contribution in [0.2, 0.25) is 0 Å². The van der Waals surface area contributed by atoms with E-state index in [1.54, 1.807) is 0 Å². The van der Waals surface area contributed by atoms with Gasteiger partial charge in [0.15, 0.2) is 5.82 Å². The molecule has 0 amide bonds. The molecule has 1 aromatic carbocycles. The number of halogens is 4. The van der Waals surface area contributed by atoms with Gasteiger partial charge in [-0.2, -0.15) is 0 Å². The number of ether oxygens (including phenoxy) is 1. The molecule has 0 saturated heterocycles. The summed E-state index contributed by atoms with van der Waals surface area (Å²) in [5, 5.41) is 0. The predicted octanol–water partition coefficient (Wildman–Crippen LogP) is 3.08. The molecule has 0 fully saturated rings. The van der Waals surface area contributed by atoms with Crippen molar-refractivity contribution in [3.05, 3.63) is 52.7 Å². The summed E-state index contributed by atoms with van der Waals surface area (Å²) in [7, 11) is 0. The van der Waals surface area contributed by atoms with Gasteiger partial charge in [0.05, 0.1) is 0 Å². The van der Waals surface area contributed by atoms with Crippen LogP contribution >= 0.6 is 0 Å². The van der Waals surface area contributed by atoms with Gasteiger partial charge in [-0.3, -0.25) is 4.79 Å². The molecule has 1 heterocycles. The number of aromatic nitrogens is 1. The van der Waals surface area contributed by atoms with Gasteiger partial charge in [0.1, 0.15) is 5.75 Å². The van der Waals surface area contributed by atoms with Crippen LogP contribution < -0.4 is 10.3 Å². The number of benzene rings is 1.